The molecule has 1 N–H and O–H groups in total. The molecule has 1 unspecified atom stereocenters. The molecule has 0 aliphatic rings. The molecule has 2 aromatic carbocycles. The standard InChI is InChI=1S/C22H23FN2O3/c1-14-4-5-15(2)22(16(14)3)28-13-19(26)12-25-21(27)11-10-20(24-25)17-6-8-18(23)9-7-17/h4-11,19,26H,12-13H2,1-3H3. The molecule has 1 heterocycles. The molecule has 0 amide bonds. The Balaban J connectivity index is 1.73. The van der Waals surface area contributed by atoms with E-state index in [1.54, 1.807) is 18.2 Å². The molecule has 0 radical (unpaired) electrons. The van der Waals surface area contributed by atoms with E-state index >= 15 is 0 Å². The van der Waals surface area contributed by atoms with Gasteiger partial charge in [-0.3, -0.25) is 4.79 Å². The lowest BCUT2D eigenvalue weighted by Crippen LogP contribution is -2.31. The van der Waals surface area contributed by atoms with Crippen molar-refractivity contribution in [3.05, 3.63) is 81.4 Å². The first kappa shape index (κ1) is 19.8. The number of benzene rings is 2. The van der Waals surface area contributed by atoms with E-state index in [2.05, 4.69) is 5.10 Å². The van der Waals surface area contributed by atoms with Crippen molar-refractivity contribution in [2.24, 2.45) is 0 Å². The fourth-order valence-corrected chi connectivity index (χ4v) is 2.93. The lowest BCUT2D eigenvalue weighted by atomic mass is 10.1. The lowest BCUT2D eigenvalue weighted by molar-refractivity contribution is 0.0874. The second kappa shape index (κ2) is 8.35. The van der Waals surface area contributed by atoms with E-state index in [1.807, 2.05) is 32.9 Å². The zero-order valence-electron chi connectivity index (χ0n) is 16.1. The van der Waals surface area contributed by atoms with E-state index in [0.717, 1.165) is 22.4 Å². The molecule has 0 aliphatic carbocycles. The van der Waals surface area contributed by atoms with Crippen LogP contribution in [0.25, 0.3) is 11.3 Å². The lowest BCUT2D eigenvalue weighted by Gasteiger charge is -2.17. The molecule has 6 heteroatoms. The summed E-state index contributed by atoms with van der Waals surface area (Å²) in [5.41, 5.74) is 4.02. The maximum Gasteiger partial charge on any atom is 0.266 e. The highest BCUT2D eigenvalue weighted by Gasteiger charge is 2.13. The predicted molar refractivity (Wildman–Crippen MR) is 106 cm³/mol. The van der Waals surface area contributed by atoms with Crippen LogP contribution in [0.15, 0.2) is 53.3 Å². The van der Waals surface area contributed by atoms with E-state index in [9.17, 15) is 14.3 Å². The minimum absolute atomic E-state index is 0.00220. The second-order valence-corrected chi connectivity index (χ2v) is 6.86. The number of hydrogen-bond acceptors (Lipinski definition) is 4. The smallest absolute Gasteiger partial charge is 0.266 e. The number of rotatable bonds is 6. The molecule has 3 rings (SSSR count). The van der Waals surface area contributed by atoms with Gasteiger partial charge in [0.15, 0.2) is 0 Å². The fraction of sp³-hybridized carbons (Fsp3) is 0.273. The molecule has 1 aromatic heterocycles. The van der Waals surface area contributed by atoms with Crippen molar-refractivity contribution in [2.45, 2.75) is 33.4 Å². The van der Waals surface area contributed by atoms with E-state index in [4.69, 9.17) is 4.74 Å². The van der Waals surface area contributed by atoms with Gasteiger partial charge in [0.05, 0.1) is 12.2 Å². The SMILES string of the molecule is Cc1ccc(C)c(OCC(O)Cn2nc(-c3ccc(F)cc3)ccc2=O)c1C. The molecule has 5 nitrogen and oxygen atoms in total. The van der Waals surface area contributed by atoms with E-state index in [0.29, 0.717) is 11.3 Å². The number of hydrogen-bond donors (Lipinski definition) is 1. The number of aromatic nitrogens is 2. The van der Waals surface area contributed by atoms with Gasteiger partial charge in [-0.15, -0.1) is 0 Å². The Bertz CT molecular complexity index is 1030. The summed E-state index contributed by atoms with van der Waals surface area (Å²) in [6.07, 6.45) is -0.909. The Morgan fingerprint density at radius 3 is 2.43 bits per heavy atom. The molecule has 3 aromatic rings. The summed E-state index contributed by atoms with van der Waals surface area (Å²) in [6, 6.07) is 12.8. The van der Waals surface area contributed by atoms with Crippen LogP contribution in [0.5, 0.6) is 5.75 Å². The van der Waals surface area contributed by atoms with Crippen molar-refractivity contribution in [2.75, 3.05) is 6.61 Å². The average Bonchev–Trinajstić information content (AvgIpc) is 2.67. The van der Waals surface area contributed by atoms with E-state index in [-0.39, 0.29) is 24.5 Å². The Morgan fingerprint density at radius 2 is 1.71 bits per heavy atom. The van der Waals surface area contributed by atoms with Crippen molar-refractivity contribution in [1.82, 2.24) is 9.78 Å². The minimum Gasteiger partial charge on any atom is -0.490 e. The van der Waals surface area contributed by atoms with Crippen molar-refractivity contribution in [3.8, 4) is 17.0 Å². The van der Waals surface area contributed by atoms with Gasteiger partial charge in [-0.25, -0.2) is 9.07 Å². The Labute approximate surface area is 163 Å². The van der Waals surface area contributed by atoms with Crippen molar-refractivity contribution in [1.29, 1.82) is 0 Å². The van der Waals surface area contributed by atoms with Crippen LogP contribution in [0, 0.1) is 26.6 Å². The largest absolute Gasteiger partial charge is 0.490 e. The average molecular weight is 382 g/mol. The highest BCUT2D eigenvalue weighted by atomic mass is 19.1. The maximum absolute atomic E-state index is 13.1. The first-order chi connectivity index (χ1) is 13.3. The van der Waals surface area contributed by atoms with Crippen LogP contribution in [0.1, 0.15) is 16.7 Å². The van der Waals surface area contributed by atoms with Gasteiger partial charge >= 0.3 is 0 Å². The number of aliphatic hydroxyl groups is 1. The second-order valence-electron chi connectivity index (χ2n) is 6.86. The van der Waals surface area contributed by atoms with Crippen LogP contribution in [0.2, 0.25) is 0 Å². The van der Waals surface area contributed by atoms with Crippen molar-refractivity contribution < 1.29 is 14.2 Å². The van der Waals surface area contributed by atoms with Crippen LogP contribution < -0.4 is 10.3 Å². The zero-order chi connectivity index (χ0) is 20.3. The Morgan fingerprint density at radius 1 is 1.04 bits per heavy atom. The van der Waals surface area contributed by atoms with Crippen molar-refractivity contribution in [3.63, 3.8) is 0 Å². The highest BCUT2D eigenvalue weighted by molar-refractivity contribution is 5.57. The molecular weight excluding hydrogens is 359 g/mol. The van der Waals surface area contributed by atoms with Gasteiger partial charge in [-0.1, -0.05) is 12.1 Å². The van der Waals surface area contributed by atoms with Crippen LogP contribution in [-0.4, -0.2) is 27.6 Å². The summed E-state index contributed by atoms with van der Waals surface area (Å²) in [7, 11) is 0. The number of halogens is 1. The molecule has 28 heavy (non-hydrogen) atoms. The minimum atomic E-state index is -0.909. The van der Waals surface area contributed by atoms with Crippen molar-refractivity contribution >= 4 is 0 Å². The molecule has 0 saturated carbocycles. The van der Waals surface area contributed by atoms with Crippen LogP contribution in [-0.2, 0) is 6.54 Å². The third kappa shape index (κ3) is 4.46. The Kier molecular flexibility index (Phi) is 5.90. The summed E-state index contributed by atoms with van der Waals surface area (Å²) < 4.78 is 20.1. The number of aryl methyl sites for hydroxylation is 2. The fourth-order valence-electron chi connectivity index (χ4n) is 2.93. The van der Waals surface area contributed by atoms with E-state index < -0.39 is 6.10 Å². The summed E-state index contributed by atoms with van der Waals surface area (Å²) >= 11 is 0. The maximum atomic E-state index is 13.1. The molecule has 0 fully saturated rings. The quantitative estimate of drug-likeness (QED) is 0.710. The van der Waals surface area contributed by atoms with Gasteiger partial charge < -0.3 is 9.84 Å². The third-order valence-electron chi connectivity index (χ3n) is 4.68. The normalized spacial score (nSPS) is 12.0. The van der Waals surface area contributed by atoms with Gasteiger partial charge in [0, 0.05) is 11.6 Å². The summed E-state index contributed by atoms with van der Waals surface area (Å²) in [5.74, 6) is 0.408. The number of ether oxygens (including phenoxy) is 1. The molecule has 0 bridgehead atoms. The number of aliphatic hydroxyl groups excluding tert-OH is 1. The third-order valence-corrected chi connectivity index (χ3v) is 4.68. The van der Waals surface area contributed by atoms with E-state index in [1.165, 1.54) is 22.9 Å². The van der Waals surface area contributed by atoms with Crippen LogP contribution in [0.4, 0.5) is 4.39 Å². The zero-order valence-corrected chi connectivity index (χ0v) is 16.1. The topological polar surface area (TPSA) is 64.3 Å². The summed E-state index contributed by atoms with van der Waals surface area (Å²) in [6.45, 7) is 5.97. The molecular formula is C22H23FN2O3. The van der Waals surface area contributed by atoms with Gasteiger partial charge in [0.1, 0.15) is 24.3 Å². The molecule has 0 saturated heterocycles. The van der Waals surface area contributed by atoms with Gasteiger partial charge in [-0.05, 0) is 67.8 Å². The Hall–Kier alpha value is -2.99. The molecule has 146 valence electrons. The predicted octanol–water partition coefficient (Wildman–Crippen LogP) is 3.41. The monoisotopic (exact) mass is 382 g/mol. The first-order valence-corrected chi connectivity index (χ1v) is 9.07. The molecule has 1 atom stereocenters. The van der Waals surface area contributed by atoms with Crippen LogP contribution >= 0.6 is 0 Å². The molecule has 0 spiro atoms. The highest BCUT2D eigenvalue weighted by Crippen LogP contribution is 2.25. The number of nitrogens with zero attached hydrogens (tertiary/aromatic N) is 2. The summed E-state index contributed by atoms with van der Waals surface area (Å²) in [4.78, 5) is 12.1. The summed E-state index contributed by atoms with van der Waals surface area (Å²) in [5, 5.41) is 14.6. The molecule has 0 aliphatic heterocycles. The first-order valence-electron chi connectivity index (χ1n) is 9.07. The van der Waals surface area contributed by atoms with Gasteiger partial charge in [0.2, 0.25) is 0 Å². The van der Waals surface area contributed by atoms with Gasteiger partial charge in [-0.2, -0.15) is 5.10 Å². The van der Waals surface area contributed by atoms with Gasteiger partial charge in [0.25, 0.3) is 5.56 Å². The van der Waals surface area contributed by atoms with Crippen LogP contribution in [0.3, 0.4) is 0 Å².